The summed E-state index contributed by atoms with van der Waals surface area (Å²) in [6, 6.07) is -0.888. The molecule has 7 N–H and O–H groups in total. The van der Waals surface area contributed by atoms with Gasteiger partial charge in [0.15, 0.2) is 0 Å². The number of hydrogen-bond acceptors (Lipinski definition) is 7. The Bertz CT molecular complexity index is 839. The minimum absolute atomic E-state index is 0.00490. The fraction of sp³-hybridized carbons (Fsp3) is 0.833. The predicted molar refractivity (Wildman–Crippen MR) is 132 cm³/mol. The number of carboxylic acids is 1. The van der Waals surface area contributed by atoms with Gasteiger partial charge in [0, 0.05) is 25.7 Å². The van der Waals surface area contributed by atoms with E-state index in [0.29, 0.717) is 24.7 Å². The maximum absolute atomic E-state index is 12.8. The second-order valence-corrected chi connectivity index (χ2v) is 11.3. The van der Waals surface area contributed by atoms with E-state index in [1.807, 2.05) is 0 Å². The molecule has 35 heavy (non-hydrogen) atoms. The van der Waals surface area contributed by atoms with E-state index in [-0.39, 0.29) is 60.7 Å². The van der Waals surface area contributed by atoms with Crippen LogP contribution in [0.3, 0.4) is 0 Å². The molecule has 1 unspecified atom stereocenters. The normalized spacial score (nSPS) is 30.1. The smallest absolute Gasteiger partial charge is 0.481 e. The zero-order valence-corrected chi connectivity index (χ0v) is 21.2. The highest BCUT2D eigenvalue weighted by atomic mass is 16.7. The van der Waals surface area contributed by atoms with Crippen molar-refractivity contribution in [3.8, 4) is 0 Å². The predicted octanol–water partition coefficient (Wildman–Crippen LogP) is 1.78. The van der Waals surface area contributed by atoms with Crippen LogP contribution in [0.5, 0.6) is 0 Å². The number of amidine groups is 1. The molecular formula is C24H41BN4O6. The van der Waals surface area contributed by atoms with Gasteiger partial charge < -0.3 is 31.2 Å². The zero-order valence-electron chi connectivity index (χ0n) is 21.2. The van der Waals surface area contributed by atoms with E-state index in [9.17, 15) is 14.4 Å². The molecule has 0 aromatic carbocycles. The van der Waals surface area contributed by atoms with Crippen LogP contribution in [0, 0.1) is 22.7 Å². The Morgan fingerprint density at radius 2 is 1.83 bits per heavy atom. The van der Waals surface area contributed by atoms with Gasteiger partial charge in [-0.15, -0.1) is 0 Å². The second-order valence-electron chi connectivity index (χ2n) is 11.3. The number of carbonyl (C=O) groups is 3. The van der Waals surface area contributed by atoms with Crippen LogP contribution in [-0.2, 0) is 23.7 Å². The summed E-state index contributed by atoms with van der Waals surface area (Å²) in [6.07, 6.45) is 4.44. The molecular weight excluding hydrogens is 451 g/mol. The maximum Gasteiger partial charge on any atom is 0.481 e. The Morgan fingerprint density at radius 3 is 2.46 bits per heavy atom. The van der Waals surface area contributed by atoms with E-state index in [1.54, 1.807) is 0 Å². The van der Waals surface area contributed by atoms with Crippen LogP contribution in [0.15, 0.2) is 0 Å². The van der Waals surface area contributed by atoms with Crippen LogP contribution in [0.25, 0.3) is 0 Å². The van der Waals surface area contributed by atoms with Gasteiger partial charge in [0.1, 0.15) is 5.78 Å². The van der Waals surface area contributed by atoms with Crippen molar-refractivity contribution in [1.29, 1.82) is 5.41 Å². The second kappa shape index (κ2) is 11.0. The molecule has 1 saturated heterocycles. The third-order valence-electron chi connectivity index (χ3n) is 8.54. The Labute approximate surface area is 207 Å². The Hall–Kier alpha value is -1.98. The van der Waals surface area contributed by atoms with Crippen molar-refractivity contribution in [1.82, 2.24) is 5.32 Å². The number of amides is 1. The molecule has 0 aromatic rings. The lowest BCUT2D eigenvalue weighted by Crippen LogP contribution is -2.65. The van der Waals surface area contributed by atoms with Crippen LogP contribution in [0.2, 0.25) is 0 Å². The van der Waals surface area contributed by atoms with Crippen LogP contribution < -0.4 is 16.8 Å². The Balaban J connectivity index is 1.58. The van der Waals surface area contributed by atoms with Crippen molar-refractivity contribution >= 4 is 30.6 Å². The Morgan fingerprint density at radius 1 is 1.11 bits per heavy atom. The van der Waals surface area contributed by atoms with Gasteiger partial charge in [0.25, 0.3) is 0 Å². The molecule has 1 aliphatic heterocycles. The van der Waals surface area contributed by atoms with Crippen molar-refractivity contribution < 1.29 is 28.8 Å². The molecule has 6 atom stereocenters. The van der Waals surface area contributed by atoms with E-state index in [4.69, 9.17) is 31.3 Å². The first-order chi connectivity index (χ1) is 16.3. The molecule has 196 valence electrons. The van der Waals surface area contributed by atoms with Crippen LogP contribution in [-0.4, -0.2) is 59.4 Å². The molecule has 4 aliphatic rings. The number of unbranched alkanes of at least 4 members (excludes halogenated alkanes) is 1. The number of carboxylic acid groups (broad SMARTS) is 1. The van der Waals surface area contributed by atoms with E-state index < -0.39 is 24.7 Å². The van der Waals surface area contributed by atoms with Gasteiger partial charge in [-0.05, 0) is 56.3 Å². The minimum atomic E-state index is -1.01. The van der Waals surface area contributed by atoms with Gasteiger partial charge in [-0.25, -0.2) is 0 Å². The monoisotopic (exact) mass is 492 g/mol. The first-order valence-electron chi connectivity index (χ1n) is 12.8. The molecule has 2 bridgehead atoms. The summed E-state index contributed by atoms with van der Waals surface area (Å²) in [5, 5.41) is 19.2. The molecule has 3 saturated carbocycles. The van der Waals surface area contributed by atoms with Gasteiger partial charge in [-0.3, -0.25) is 19.8 Å². The molecule has 4 fully saturated rings. The van der Waals surface area contributed by atoms with Gasteiger partial charge in [0.05, 0.1) is 29.5 Å². The third-order valence-corrected chi connectivity index (χ3v) is 8.54. The molecule has 1 heterocycles. The number of ketones is 1. The minimum Gasteiger partial charge on any atom is -0.481 e. The largest absolute Gasteiger partial charge is 0.481 e. The van der Waals surface area contributed by atoms with Gasteiger partial charge >= 0.3 is 13.1 Å². The summed E-state index contributed by atoms with van der Waals surface area (Å²) in [4.78, 5) is 35.6. The first-order valence-corrected chi connectivity index (χ1v) is 12.8. The van der Waals surface area contributed by atoms with Crippen molar-refractivity contribution in [2.45, 2.75) is 109 Å². The first kappa shape index (κ1) is 27.6. The lowest BCUT2D eigenvalue weighted by molar-refractivity contribution is -0.199. The highest BCUT2D eigenvalue weighted by Crippen LogP contribution is 2.65. The van der Waals surface area contributed by atoms with E-state index >= 15 is 0 Å². The fourth-order valence-electron chi connectivity index (χ4n) is 6.17. The van der Waals surface area contributed by atoms with Crippen LogP contribution in [0.1, 0.15) is 85.0 Å². The Kier molecular flexibility index (Phi) is 8.65. The van der Waals surface area contributed by atoms with E-state index in [1.165, 1.54) is 0 Å². The maximum atomic E-state index is 12.8. The topological polar surface area (TPSA) is 178 Å². The average Bonchev–Trinajstić information content (AvgIpc) is 3.14. The molecule has 0 aromatic heterocycles. The van der Waals surface area contributed by atoms with Crippen LogP contribution >= 0.6 is 0 Å². The lowest BCUT2D eigenvalue weighted by atomic mass is 9.43. The van der Waals surface area contributed by atoms with Gasteiger partial charge in [0.2, 0.25) is 5.91 Å². The summed E-state index contributed by atoms with van der Waals surface area (Å²) in [6.45, 7) is 6.72. The molecule has 11 heteroatoms. The summed E-state index contributed by atoms with van der Waals surface area (Å²) in [7, 11) is -0.574. The molecule has 1 amide bonds. The number of carbonyl (C=O) groups excluding carboxylic acids is 2. The van der Waals surface area contributed by atoms with E-state index in [2.05, 4.69) is 26.1 Å². The van der Waals surface area contributed by atoms with Crippen molar-refractivity contribution in [2.75, 3.05) is 0 Å². The number of Topliss-reactive ketones (excluding diaryl/α,β-unsaturated/α-hetero) is 1. The summed E-state index contributed by atoms with van der Waals surface area (Å²) >= 11 is 0. The molecule has 0 radical (unpaired) electrons. The third kappa shape index (κ3) is 6.24. The number of aliphatic carboxylic acids is 1. The zero-order chi connectivity index (χ0) is 26.0. The van der Waals surface area contributed by atoms with Crippen molar-refractivity contribution in [3.05, 3.63) is 0 Å². The van der Waals surface area contributed by atoms with Gasteiger partial charge in [-0.2, -0.15) is 0 Å². The molecule has 0 spiro atoms. The van der Waals surface area contributed by atoms with Gasteiger partial charge in [-0.1, -0.05) is 20.3 Å². The summed E-state index contributed by atoms with van der Waals surface area (Å²) in [5.41, 5.74) is 11.1. The SMILES string of the molecule is CC1(C)[C@@H]2CC3OB([C@H](CCCCC(=N)N)NC(=O)CCC(=O)[C@@H](N)CCC(=O)O)O[C@@]3(C)[C@H]1C2. The summed E-state index contributed by atoms with van der Waals surface area (Å²) < 4.78 is 12.9. The van der Waals surface area contributed by atoms with Crippen LogP contribution in [0.4, 0.5) is 0 Å². The molecule has 3 aliphatic carbocycles. The highest BCUT2D eigenvalue weighted by Gasteiger charge is 2.68. The quantitative estimate of drug-likeness (QED) is 0.105. The number of nitrogens with one attached hydrogen (secondary N) is 2. The van der Waals surface area contributed by atoms with Crippen molar-refractivity contribution in [3.63, 3.8) is 0 Å². The van der Waals surface area contributed by atoms with E-state index in [0.717, 1.165) is 25.7 Å². The molecule has 10 nitrogen and oxygen atoms in total. The standard InChI is InChI=1S/C24H41BN4O6/c1-23(2)14-12-17(23)24(3)18(13-14)34-25(35-24)19(6-4-5-7-20(27)28)29-21(31)10-9-16(30)15(26)8-11-22(32)33/h14-15,17-19H,4-13,26H2,1-3H3,(H3,27,28)(H,29,31)(H,32,33)/t14-,15-,17-,18?,19-,24-/m0/s1. The number of nitrogens with two attached hydrogens (primary N) is 2. The fourth-order valence-corrected chi connectivity index (χ4v) is 6.17. The lowest BCUT2D eigenvalue weighted by Gasteiger charge is -2.64. The highest BCUT2D eigenvalue weighted by molar-refractivity contribution is 6.47. The van der Waals surface area contributed by atoms with Crippen molar-refractivity contribution in [2.24, 2.45) is 28.7 Å². The molecule has 4 rings (SSSR count). The average molecular weight is 492 g/mol. The summed E-state index contributed by atoms with van der Waals surface area (Å²) in [5.74, 6) is -0.850. The number of rotatable bonds is 14. The number of hydrogen-bond donors (Lipinski definition) is 5.